The van der Waals surface area contributed by atoms with Crippen LogP contribution >= 0.6 is 0 Å². The Balaban J connectivity index is 2.48. The van der Waals surface area contributed by atoms with Crippen molar-refractivity contribution in [2.45, 2.75) is 38.9 Å². The van der Waals surface area contributed by atoms with Crippen LogP contribution in [0.15, 0.2) is 0 Å². The van der Waals surface area contributed by atoms with Gasteiger partial charge >= 0.3 is 6.09 Å². The van der Waals surface area contributed by atoms with Gasteiger partial charge in [0, 0.05) is 19.1 Å². The van der Waals surface area contributed by atoms with E-state index in [0.717, 1.165) is 0 Å². The maximum Gasteiger partial charge on any atom is 0.410 e. The number of likely N-dealkylation sites (tertiary alicyclic amines) is 1. The van der Waals surface area contributed by atoms with Gasteiger partial charge in [0.1, 0.15) is 5.60 Å². The van der Waals surface area contributed by atoms with E-state index in [1.165, 1.54) is 4.90 Å². The van der Waals surface area contributed by atoms with E-state index in [1.807, 2.05) is 20.8 Å². The van der Waals surface area contributed by atoms with Gasteiger partial charge in [-0.05, 0) is 27.2 Å². The molecule has 2 atom stereocenters. The lowest BCUT2D eigenvalue weighted by molar-refractivity contribution is -0.0234. The molecule has 5 heteroatoms. The fraction of sp³-hybridized carbons (Fsp3) is 0.909. The van der Waals surface area contributed by atoms with Crippen molar-refractivity contribution in [2.75, 3.05) is 19.7 Å². The van der Waals surface area contributed by atoms with Crippen LogP contribution in [0.25, 0.3) is 0 Å². The van der Waals surface area contributed by atoms with Gasteiger partial charge in [0.25, 0.3) is 0 Å². The van der Waals surface area contributed by atoms with Crippen molar-refractivity contribution in [2.24, 2.45) is 5.92 Å². The molecule has 1 amide bonds. The molecule has 0 aromatic carbocycles. The number of hydrogen-bond donors (Lipinski definition) is 2. The summed E-state index contributed by atoms with van der Waals surface area (Å²) in [6.45, 7) is 6.14. The Morgan fingerprint density at radius 1 is 1.50 bits per heavy atom. The Morgan fingerprint density at radius 2 is 2.12 bits per heavy atom. The molecule has 1 fully saturated rings. The van der Waals surface area contributed by atoms with Crippen molar-refractivity contribution in [1.82, 2.24) is 4.90 Å². The molecule has 0 aromatic rings. The topological polar surface area (TPSA) is 70.0 Å². The van der Waals surface area contributed by atoms with E-state index < -0.39 is 17.8 Å². The van der Waals surface area contributed by atoms with Crippen molar-refractivity contribution in [3.8, 4) is 0 Å². The highest BCUT2D eigenvalue weighted by Gasteiger charge is 2.31. The minimum Gasteiger partial charge on any atom is -0.444 e. The van der Waals surface area contributed by atoms with E-state index >= 15 is 0 Å². The third kappa shape index (κ3) is 3.64. The summed E-state index contributed by atoms with van der Waals surface area (Å²) in [7, 11) is 0. The van der Waals surface area contributed by atoms with Crippen molar-refractivity contribution in [1.29, 1.82) is 0 Å². The van der Waals surface area contributed by atoms with Crippen LogP contribution in [-0.2, 0) is 4.74 Å². The van der Waals surface area contributed by atoms with Gasteiger partial charge in [0.2, 0.25) is 0 Å². The summed E-state index contributed by atoms with van der Waals surface area (Å²) in [5, 5.41) is 18.7. The Hall–Kier alpha value is -0.810. The molecule has 0 spiro atoms. The summed E-state index contributed by atoms with van der Waals surface area (Å²) in [4.78, 5) is 13.2. The lowest BCUT2D eigenvalue weighted by atomic mass is 9.95. The average molecular weight is 231 g/mol. The highest BCUT2D eigenvalue weighted by Crippen LogP contribution is 2.19. The molecule has 1 heterocycles. The number of nitrogens with zero attached hydrogens (tertiary/aromatic N) is 1. The van der Waals surface area contributed by atoms with Gasteiger partial charge in [-0.2, -0.15) is 0 Å². The molecule has 0 radical (unpaired) electrons. The van der Waals surface area contributed by atoms with E-state index in [4.69, 9.17) is 9.84 Å². The number of carbonyl (C=O) groups is 1. The average Bonchev–Trinajstić information content (AvgIpc) is 2.15. The van der Waals surface area contributed by atoms with Gasteiger partial charge in [-0.1, -0.05) is 0 Å². The fourth-order valence-electron chi connectivity index (χ4n) is 1.69. The number of rotatable bonds is 1. The molecule has 0 bridgehead atoms. The quantitative estimate of drug-likeness (QED) is 0.693. The minimum atomic E-state index is -0.661. The summed E-state index contributed by atoms with van der Waals surface area (Å²) in [5.41, 5.74) is -0.518. The van der Waals surface area contributed by atoms with Crippen molar-refractivity contribution in [3.63, 3.8) is 0 Å². The fourth-order valence-corrected chi connectivity index (χ4v) is 1.69. The third-order valence-corrected chi connectivity index (χ3v) is 2.61. The molecule has 5 nitrogen and oxygen atoms in total. The second-order valence-electron chi connectivity index (χ2n) is 5.23. The maximum atomic E-state index is 11.7. The first-order valence-electron chi connectivity index (χ1n) is 5.60. The van der Waals surface area contributed by atoms with E-state index in [-0.39, 0.29) is 19.1 Å². The first-order valence-corrected chi connectivity index (χ1v) is 5.60. The molecule has 0 unspecified atom stereocenters. The summed E-state index contributed by atoms with van der Waals surface area (Å²) in [5.74, 6) is -0.126. The monoisotopic (exact) mass is 231 g/mol. The van der Waals surface area contributed by atoms with E-state index in [0.29, 0.717) is 13.0 Å². The molecule has 94 valence electrons. The first-order chi connectivity index (χ1) is 7.33. The summed E-state index contributed by atoms with van der Waals surface area (Å²) in [6.07, 6.45) is -0.453. The largest absolute Gasteiger partial charge is 0.444 e. The van der Waals surface area contributed by atoms with Crippen LogP contribution in [-0.4, -0.2) is 52.6 Å². The zero-order valence-corrected chi connectivity index (χ0v) is 10.1. The summed E-state index contributed by atoms with van der Waals surface area (Å²) < 4.78 is 5.21. The van der Waals surface area contributed by atoms with Gasteiger partial charge < -0.3 is 19.8 Å². The SMILES string of the molecule is CC(C)(C)OC(=O)N1CC[C@@H](CO)[C@@H](O)C1. The highest BCUT2D eigenvalue weighted by atomic mass is 16.6. The predicted octanol–water partition coefficient (Wildman–Crippen LogP) is 0.597. The van der Waals surface area contributed by atoms with Crippen molar-refractivity contribution >= 4 is 6.09 Å². The predicted molar refractivity (Wildman–Crippen MR) is 59.0 cm³/mol. The second-order valence-corrected chi connectivity index (χ2v) is 5.23. The van der Waals surface area contributed by atoms with Crippen molar-refractivity contribution < 1.29 is 19.7 Å². The Morgan fingerprint density at radius 3 is 2.56 bits per heavy atom. The summed E-state index contributed by atoms with van der Waals surface area (Å²) >= 11 is 0. The van der Waals surface area contributed by atoms with Gasteiger partial charge in [0.15, 0.2) is 0 Å². The molecule has 0 aliphatic carbocycles. The Bertz CT molecular complexity index is 249. The van der Waals surface area contributed by atoms with E-state index in [1.54, 1.807) is 0 Å². The van der Waals surface area contributed by atoms with Gasteiger partial charge in [-0.3, -0.25) is 0 Å². The van der Waals surface area contributed by atoms with E-state index in [2.05, 4.69) is 0 Å². The molecule has 1 saturated heterocycles. The smallest absolute Gasteiger partial charge is 0.410 e. The standard InChI is InChI=1S/C11H21NO4/c1-11(2,3)16-10(15)12-5-4-8(7-13)9(14)6-12/h8-9,13-14H,4-7H2,1-3H3/t8-,9-/m0/s1. The first kappa shape index (κ1) is 13.3. The Labute approximate surface area is 96.0 Å². The van der Waals surface area contributed by atoms with Crippen LogP contribution in [0.3, 0.4) is 0 Å². The normalized spacial score (nSPS) is 26.7. The number of hydrogen-bond acceptors (Lipinski definition) is 4. The van der Waals surface area contributed by atoms with Crippen LogP contribution in [0.4, 0.5) is 4.79 Å². The lowest BCUT2D eigenvalue weighted by Crippen LogP contribution is -2.49. The minimum absolute atomic E-state index is 0.0384. The Kier molecular flexibility index (Phi) is 4.15. The molecule has 1 aliphatic heterocycles. The number of ether oxygens (including phenoxy) is 1. The van der Waals surface area contributed by atoms with Crippen LogP contribution in [0.1, 0.15) is 27.2 Å². The molecular weight excluding hydrogens is 210 g/mol. The van der Waals surface area contributed by atoms with Crippen LogP contribution in [0.2, 0.25) is 0 Å². The number of β-amino-alcohol motifs (C(OH)–C–C–N with tert-alkyl or cyclic N) is 1. The third-order valence-electron chi connectivity index (χ3n) is 2.61. The highest BCUT2D eigenvalue weighted by molar-refractivity contribution is 5.68. The number of aliphatic hydroxyl groups excluding tert-OH is 2. The zero-order chi connectivity index (χ0) is 12.3. The molecule has 16 heavy (non-hydrogen) atoms. The number of aliphatic hydroxyl groups is 2. The van der Waals surface area contributed by atoms with Gasteiger partial charge in [-0.25, -0.2) is 4.79 Å². The van der Waals surface area contributed by atoms with Crippen LogP contribution in [0, 0.1) is 5.92 Å². The number of carbonyl (C=O) groups excluding carboxylic acids is 1. The molecule has 1 rings (SSSR count). The number of amides is 1. The lowest BCUT2D eigenvalue weighted by Gasteiger charge is -2.35. The number of piperidine rings is 1. The molecule has 1 aliphatic rings. The zero-order valence-electron chi connectivity index (χ0n) is 10.1. The van der Waals surface area contributed by atoms with E-state index in [9.17, 15) is 9.90 Å². The maximum absolute atomic E-state index is 11.7. The molecule has 0 saturated carbocycles. The van der Waals surface area contributed by atoms with Gasteiger partial charge in [0.05, 0.1) is 12.6 Å². The molecular formula is C11H21NO4. The van der Waals surface area contributed by atoms with Crippen molar-refractivity contribution in [3.05, 3.63) is 0 Å². The van der Waals surface area contributed by atoms with Gasteiger partial charge in [-0.15, -0.1) is 0 Å². The summed E-state index contributed by atoms with van der Waals surface area (Å²) in [6, 6.07) is 0. The molecule has 0 aromatic heterocycles. The molecule has 2 N–H and O–H groups in total. The van der Waals surface area contributed by atoms with Crippen LogP contribution in [0.5, 0.6) is 0 Å². The van der Waals surface area contributed by atoms with Crippen LogP contribution < -0.4 is 0 Å². The second kappa shape index (κ2) is 5.01.